The number of carbonyl (C=O) groups is 1. The van der Waals surface area contributed by atoms with E-state index in [0.717, 1.165) is 17.1 Å². The fraction of sp³-hybridized carbons (Fsp3) is 0.308. The van der Waals surface area contributed by atoms with Gasteiger partial charge in [-0.2, -0.15) is 0 Å². The van der Waals surface area contributed by atoms with Crippen LogP contribution in [0.5, 0.6) is 0 Å². The van der Waals surface area contributed by atoms with E-state index in [1.807, 2.05) is 20.8 Å². The van der Waals surface area contributed by atoms with Crippen LogP contribution < -0.4 is 0 Å². The minimum Gasteiger partial charge on any atom is -0.478 e. The third kappa shape index (κ3) is 1.88. The Kier molecular flexibility index (Phi) is 2.90. The van der Waals surface area contributed by atoms with Gasteiger partial charge in [0.25, 0.3) is 0 Å². The highest BCUT2D eigenvalue weighted by molar-refractivity contribution is 5.93. The van der Waals surface area contributed by atoms with Gasteiger partial charge in [0.15, 0.2) is 0 Å². The van der Waals surface area contributed by atoms with Gasteiger partial charge in [-0.3, -0.25) is 4.98 Å². The van der Waals surface area contributed by atoms with E-state index in [2.05, 4.69) is 9.97 Å². The maximum atomic E-state index is 11.4. The molecule has 0 aliphatic heterocycles. The number of rotatable bonds is 2. The number of aromatic carboxylic acids is 1. The maximum Gasteiger partial charge on any atom is 0.339 e. The molecule has 0 amide bonds. The van der Waals surface area contributed by atoms with Crippen LogP contribution in [0.3, 0.4) is 0 Å². The molecular weight excluding hydrogens is 230 g/mol. The zero-order chi connectivity index (χ0) is 13.4. The number of carboxylic acid groups (broad SMARTS) is 1. The molecule has 18 heavy (non-hydrogen) atoms. The number of carboxylic acids is 1. The predicted molar refractivity (Wildman–Crippen MR) is 67.3 cm³/mol. The van der Waals surface area contributed by atoms with Crippen molar-refractivity contribution in [2.45, 2.75) is 27.7 Å². The van der Waals surface area contributed by atoms with Crippen LogP contribution in [-0.2, 0) is 0 Å². The topological polar surface area (TPSA) is 68.0 Å². The molecule has 0 saturated carbocycles. The SMILES string of the molecule is Cc1cc(-n2cnc(C)c2C)c(C(=O)O)c(C)n1. The van der Waals surface area contributed by atoms with Crippen LogP contribution in [0.15, 0.2) is 12.4 Å². The minimum atomic E-state index is -0.972. The molecule has 0 fully saturated rings. The monoisotopic (exact) mass is 245 g/mol. The lowest BCUT2D eigenvalue weighted by Gasteiger charge is -2.12. The highest BCUT2D eigenvalue weighted by atomic mass is 16.4. The van der Waals surface area contributed by atoms with Crippen molar-refractivity contribution in [2.24, 2.45) is 0 Å². The summed E-state index contributed by atoms with van der Waals surface area (Å²) >= 11 is 0. The van der Waals surface area contributed by atoms with Gasteiger partial charge >= 0.3 is 5.97 Å². The van der Waals surface area contributed by atoms with Gasteiger partial charge in [-0.25, -0.2) is 9.78 Å². The average molecular weight is 245 g/mol. The zero-order valence-corrected chi connectivity index (χ0v) is 10.9. The summed E-state index contributed by atoms with van der Waals surface area (Å²) in [7, 11) is 0. The van der Waals surface area contributed by atoms with E-state index < -0.39 is 5.97 Å². The van der Waals surface area contributed by atoms with Crippen LogP contribution in [0.2, 0.25) is 0 Å². The van der Waals surface area contributed by atoms with Crippen molar-refractivity contribution in [3.05, 3.63) is 40.7 Å². The molecule has 2 aromatic heterocycles. The van der Waals surface area contributed by atoms with Gasteiger partial charge in [0.1, 0.15) is 5.56 Å². The molecule has 94 valence electrons. The summed E-state index contributed by atoms with van der Waals surface area (Å²) in [6, 6.07) is 1.77. The first-order chi connectivity index (χ1) is 8.41. The quantitative estimate of drug-likeness (QED) is 0.880. The number of nitrogens with zero attached hydrogens (tertiary/aromatic N) is 3. The van der Waals surface area contributed by atoms with Gasteiger partial charge in [0, 0.05) is 11.4 Å². The number of aromatic nitrogens is 3. The fourth-order valence-electron chi connectivity index (χ4n) is 2.00. The molecule has 0 aliphatic rings. The summed E-state index contributed by atoms with van der Waals surface area (Å²) in [6.45, 7) is 7.37. The summed E-state index contributed by atoms with van der Waals surface area (Å²) < 4.78 is 1.79. The van der Waals surface area contributed by atoms with Crippen LogP contribution in [0, 0.1) is 27.7 Å². The van der Waals surface area contributed by atoms with E-state index >= 15 is 0 Å². The first-order valence-corrected chi connectivity index (χ1v) is 5.64. The molecule has 0 aromatic carbocycles. The third-order valence-corrected chi connectivity index (χ3v) is 3.03. The van der Waals surface area contributed by atoms with E-state index in [0.29, 0.717) is 11.4 Å². The van der Waals surface area contributed by atoms with Gasteiger partial charge in [-0.1, -0.05) is 0 Å². The highest BCUT2D eigenvalue weighted by Crippen LogP contribution is 2.21. The Morgan fingerprint density at radius 2 is 1.89 bits per heavy atom. The predicted octanol–water partition coefficient (Wildman–Crippen LogP) is 2.20. The lowest BCUT2D eigenvalue weighted by atomic mass is 10.1. The molecule has 0 unspecified atom stereocenters. The molecule has 0 bridgehead atoms. The fourth-order valence-corrected chi connectivity index (χ4v) is 2.00. The molecule has 2 aromatic rings. The zero-order valence-electron chi connectivity index (χ0n) is 10.9. The molecule has 1 N–H and O–H groups in total. The second kappa shape index (κ2) is 4.25. The molecule has 2 rings (SSSR count). The van der Waals surface area contributed by atoms with Crippen molar-refractivity contribution in [3.63, 3.8) is 0 Å². The maximum absolute atomic E-state index is 11.4. The van der Waals surface area contributed by atoms with Gasteiger partial charge in [-0.05, 0) is 33.8 Å². The highest BCUT2D eigenvalue weighted by Gasteiger charge is 2.18. The number of imidazole rings is 1. The Balaban J connectivity index is 2.77. The Hall–Kier alpha value is -2.17. The Bertz CT molecular complexity index is 629. The Morgan fingerprint density at radius 1 is 1.22 bits per heavy atom. The summed E-state index contributed by atoms with van der Waals surface area (Å²) in [4.78, 5) is 19.8. The second-order valence-corrected chi connectivity index (χ2v) is 4.33. The molecule has 5 heteroatoms. The molecule has 0 spiro atoms. The molecule has 2 heterocycles. The smallest absolute Gasteiger partial charge is 0.339 e. The van der Waals surface area contributed by atoms with Crippen LogP contribution in [0.1, 0.15) is 33.1 Å². The molecular formula is C13H15N3O2. The lowest BCUT2D eigenvalue weighted by Crippen LogP contribution is -2.10. The summed E-state index contributed by atoms with van der Waals surface area (Å²) in [5.74, 6) is -0.972. The van der Waals surface area contributed by atoms with Gasteiger partial charge in [-0.15, -0.1) is 0 Å². The standard InChI is InChI=1S/C13H15N3O2/c1-7-5-11(12(13(17)18)9(3)15-7)16-6-14-8(2)10(16)4/h5-6H,1-4H3,(H,17,18). The van der Waals surface area contributed by atoms with Crippen LogP contribution in [0.4, 0.5) is 0 Å². The second-order valence-electron chi connectivity index (χ2n) is 4.33. The van der Waals surface area contributed by atoms with Crippen LogP contribution in [0.25, 0.3) is 5.69 Å². The first-order valence-electron chi connectivity index (χ1n) is 5.64. The van der Waals surface area contributed by atoms with E-state index in [1.165, 1.54) is 0 Å². The average Bonchev–Trinajstić information content (AvgIpc) is 2.57. The number of pyridine rings is 1. The van der Waals surface area contributed by atoms with Crippen molar-refractivity contribution in [2.75, 3.05) is 0 Å². The molecule has 0 radical (unpaired) electrons. The lowest BCUT2D eigenvalue weighted by molar-refractivity contribution is 0.0695. The number of aryl methyl sites for hydroxylation is 3. The normalized spacial score (nSPS) is 10.7. The Labute approximate surface area is 105 Å². The third-order valence-electron chi connectivity index (χ3n) is 3.03. The van der Waals surface area contributed by atoms with E-state index in [-0.39, 0.29) is 5.56 Å². The van der Waals surface area contributed by atoms with Crippen LogP contribution in [-0.4, -0.2) is 25.6 Å². The molecule has 0 saturated heterocycles. The molecule has 0 aliphatic carbocycles. The Morgan fingerprint density at radius 3 is 2.39 bits per heavy atom. The van der Waals surface area contributed by atoms with Gasteiger partial charge in [0.05, 0.1) is 23.4 Å². The first kappa shape index (κ1) is 12.3. The summed E-state index contributed by atoms with van der Waals surface area (Å²) in [6.07, 6.45) is 1.64. The van der Waals surface area contributed by atoms with E-state index in [1.54, 1.807) is 23.9 Å². The van der Waals surface area contributed by atoms with E-state index in [4.69, 9.17) is 0 Å². The molecule has 0 atom stereocenters. The minimum absolute atomic E-state index is 0.223. The number of hydrogen-bond donors (Lipinski definition) is 1. The van der Waals surface area contributed by atoms with Crippen molar-refractivity contribution < 1.29 is 9.90 Å². The van der Waals surface area contributed by atoms with Crippen molar-refractivity contribution in [1.82, 2.24) is 14.5 Å². The summed E-state index contributed by atoms with van der Waals surface area (Å²) in [5, 5.41) is 9.32. The molecule has 5 nitrogen and oxygen atoms in total. The van der Waals surface area contributed by atoms with Crippen molar-refractivity contribution in [1.29, 1.82) is 0 Å². The van der Waals surface area contributed by atoms with Gasteiger partial charge in [0.2, 0.25) is 0 Å². The summed E-state index contributed by atoms with van der Waals surface area (Å²) in [5.41, 5.74) is 3.97. The van der Waals surface area contributed by atoms with Crippen molar-refractivity contribution >= 4 is 5.97 Å². The van der Waals surface area contributed by atoms with Gasteiger partial charge < -0.3 is 9.67 Å². The number of hydrogen-bond acceptors (Lipinski definition) is 3. The largest absolute Gasteiger partial charge is 0.478 e. The van der Waals surface area contributed by atoms with E-state index in [9.17, 15) is 9.90 Å². The van der Waals surface area contributed by atoms with Crippen molar-refractivity contribution in [3.8, 4) is 5.69 Å². The van der Waals surface area contributed by atoms with Crippen LogP contribution >= 0.6 is 0 Å².